The topological polar surface area (TPSA) is 94.9 Å². The van der Waals surface area contributed by atoms with E-state index in [1.165, 1.54) is 18.3 Å². The fraction of sp³-hybridized carbons (Fsp3) is 0.538. The minimum atomic E-state index is -3.68. The Morgan fingerprint density at radius 2 is 2.05 bits per heavy atom. The molecule has 2 N–H and O–H groups in total. The van der Waals surface area contributed by atoms with E-state index in [-0.39, 0.29) is 16.6 Å². The van der Waals surface area contributed by atoms with Gasteiger partial charge in [0.2, 0.25) is 10.0 Å². The van der Waals surface area contributed by atoms with Crippen LogP contribution in [0.3, 0.4) is 0 Å². The number of pyridine rings is 1. The highest BCUT2D eigenvalue weighted by Crippen LogP contribution is 2.27. The summed E-state index contributed by atoms with van der Waals surface area (Å²) in [6.07, 6.45) is 5.25. The number of piperidine rings is 1. The summed E-state index contributed by atoms with van der Waals surface area (Å²) in [5.41, 5.74) is -0.0584. The van der Waals surface area contributed by atoms with Gasteiger partial charge in [0.15, 0.2) is 5.69 Å². The zero-order valence-corrected chi connectivity index (χ0v) is 11.7. The first-order chi connectivity index (χ1) is 9.58. The molecular formula is C13H16N4O2S. The summed E-state index contributed by atoms with van der Waals surface area (Å²) in [6.45, 7) is 0. The Kier molecular flexibility index (Phi) is 3.46. The maximum absolute atomic E-state index is 12.4. The van der Waals surface area contributed by atoms with Gasteiger partial charge in [0, 0.05) is 24.3 Å². The van der Waals surface area contributed by atoms with Crippen molar-refractivity contribution in [3.8, 4) is 6.07 Å². The SMILES string of the molecule is N#Cc1ncccc1S(=O)(=O)NC1CC2CCC(C1)N2. The Morgan fingerprint density at radius 3 is 2.70 bits per heavy atom. The van der Waals surface area contributed by atoms with Gasteiger partial charge in [-0.3, -0.25) is 0 Å². The van der Waals surface area contributed by atoms with Gasteiger partial charge in [-0.1, -0.05) is 0 Å². The van der Waals surface area contributed by atoms with Gasteiger partial charge in [-0.2, -0.15) is 5.26 Å². The van der Waals surface area contributed by atoms with Crippen LogP contribution in [-0.2, 0) is 10.0 Å². The van der Waals surface area contributed by atoms with Crippen molar-refractivity contribution in [3.05, 3.63) is 24.0 Å². The van der Waals surface area contributed by atoms with Gasteiger partial charge >= 0.3 is 0 Å². The Hall–Kier alpha value is -1.49. The smallest absolute Gasteiger partial charge is 0.243 e. The third-order valence-corrected chi connectivity index (χ3v) is 5.51. The van der Waals surface area contributed by atoms with Crippen molar-refractivity contribution in [1.82, 2.24) is 15.0 Å². The van der Waals surface area contributed by atoms with Crippen LogP contribution in [0.15, 0.2) is 23.2 Å². The van der Waals surface area contributed by atoms with Gasteiger partial charge in [-0.05, 0) is 37.8 Å². The minimum absolute atomic E-state index is 0.0339. The molecule has 0 aromatic carbocycles. The summed E-state index contributed by atoms with van der Waals surface area (Å²) in [4.78, 5) is 3.77. The molecular weight excluding hydrogens is 276 g/mol. The number of nitriles is 1. The van der Waals surface area contributed by atoms with Gasteiger partial charge in [0.05, 0.1) is 0 Å². The molecule has 2 fully saturated rings. The highest BCUT2D eigenvalue weighted by atomic mass is 32.2. The predicted octanol–water partition coefficient (Wildman–Crippen LogP) is 0.515. The van der Waals surface area contributed by atoms with Crippen molar-refractivity contribution < 1.29 is 8.42 Å². The molecule has 106 valence electrons. The van der Waals surface area contributed by atoms with E-state index in [4.69, 9.17) is 5.26 Å². The zero-order valence-electron chi connectivity index (χ0n) is 10.9. The molecule has 2 saturated heterocycles. The number of aromatic nitrogens is 1. The van der Waals surface area contributed by atoms with E-state index in [0.717, 1.165) is 25.7 Å². The molecule has 20 heavy (non-hydrogen) atoms. The molecule has 2 bridgehead atoms. The maximum Gasteiger partial charge on any atom is 0.243 e. The number of nitrogens with zero attached hydrogens (tertiary/aromatic N) is 2. The number of nitrogens with one attached hydrogen (secondary N) is 2. The van der Waals surface area contributed by atoms with Crippen LogP contribution < -0.4 is 10.0 Å². The Balaban J connectivity index is 1.81. The predicted molar refractivity (Wildman–Crippen MR) is 72.2 cm³/mol. The van der Waals surface area contributed by atoms with Crippen LogP contribution in [0.5, 0.6) is 0 Å². The molecule has 3 rings (SSSR count). The van der Waals surface area contributed by atoms with Crippen LogP contribution in [0, 0.1) is 11.3 Å². The van der Waals surface area contributed by atoms with E-state index in [9.17, 15) is 8.42 Å². The molecule has 0 radical (unpaired) electrons. The van der Waals surface area contributed by atoms with Crippen LogP contribution in [0.1, 0.15) is 31.4 Å². The van der Waals surface area contributed by atoms with E-state index in [1.54, 1.807) is 0 Å². The van der Waals surface area contributed by atoms with Crippen molar-refractivity contribution in [2.24, 2.45) is 0 Å². The van der Waals surface area contributed by atoms with Crippen LogP contribution in [0.25, 0.3) is 0 Å². The molecule has 1 aromatic heterocycles. The first-order valence-corrected chi connectivity index (χ1v) is 8.20. The Labute approximate surface area is 118 Å². The average molecular weight is 292 g/mol. The lowest BCUT2D eigenvalue weighted by atomic mass is 10.0. The van der Waals surface area contributed by atoms with E-state index in [2.05, 4.69) is 15.0 Å². The van der Waals surface area contributed by atoms with Crippen LogP contribution in [0.4, 0.5) is 0 Å². The molecule has 2 atom stereocenters. The summed E-state index contributed by atoms with van der Waals surface area (Å²) in [7, 11) is -3.68. The molecule has 0 spiro atoms. The van der Waals surface area contributed by atoms with Crippen molar-refractivity contribution in [2.75, 3.05) is 0 Å². The van der Waals surface area contributed by atoms with Crippen molar-refractivity contribution in [1.29, 1.82) is 5.26 Å². The molecule has 2 aliphatic rings. The highest BCUT2D eigenvalue weighted by Gasteiger charge is 2.35. The van der Waals surface area contributed by atoms with E-state index in [1.807, 2.05) is 6.07 Å². The van der Waals surface area contributed by atoms with E-state index in [0.29, 0.717) is 12.1 Å². The first kappa shape index (κ1) is 13.5. The number of fused-ring (bicyclic) bond motifs is 2. The van der Waals surface area contributed by atoms with Gasteiger partial charge in [0.1, 0.15) is 11.0 Å². The lowest BCUT2D eigenvalue weighted by molar-refractivity contribution is 0.345. The number of hydrogen-bond donors (Lipinski definition) is 2. The second kappa shape index (κ2) is 5.13. The quantitative estimate of drug-likeness (QED) is 0.846. The molecule has 3 heterocycles. The fourth-order valence-electron chi connectivity index (χ4n) is 3.13. The largest absolute Gasteiger partial charge is 0.311 e. The molecule has 7 heteroatoms. The van der Waals surface area contributed by atoms with Crippen molar-refractivity contribution in [3.63, 3.8) is 0 Å². The van der Waals surface area contributed by atoms with Gasteiger partial charge in [-0.15, -0.1) is 0 Å². The molecule has 2 unspecified atom stereocenters. The molecule has 2 aliphatic heterocycles. The molecule has 0 aliphatic carbocycles. The standard InChI is InChI=1S/C13H16N4O2S/c14-8-12-13(2-1-5-15-12)20(18,19)17-11-6-9-3-4-10(7-11)16-9/h1-2,5,9-11,16-17H,3-4,6-7H2. The number of hydrogen-bond acceptors (Lipinski definition) is 5. The summed E-state index contributed by atoms with van der Waals surface area (Å²) in [5.74, 6) is 0. The normalized spacial score (nSPS) is 29.1. The fourth-order valence-corrected chi connectivity index (χ4v) is 4.50. The Bertz CT molecular complexity index is 641. The van der Waals surface area contributed by atoms with Gasteiger partial charge in [-0.25, -0.2) is 18.1 Å². The van der Waals surface area contributed by atoms with E-state index >= 15 is 0 Å². The van der Waals surface area contributed by atoms with Crippen LogP contribution in [-0.4, -0.2) is 31.5 Å². The number of sulfonamides is 1. The summed E-state index contributed by atoms with van der Waals surface area (Å²) >= 11 is 0. The summed E-state index contributed by atoms with van der Waals surface area (Å²) in [6, 6.07) is 5.53. The number of rotatable bonds is 3. The minimum Gasteiger partial charge on any atom is -0.311 e. The van der Waals surface area contributed by atoms with Crippen LogP contribution in [0.2, 0.25) is 0 Å². The average Bonchev–Trinajstić information content (AvgIpc) is 2.77. The Morgan fingerprint density at radius 1 is 1.35 bits per heavy atom. The third kappa shape index (κ3) is 2.54. The zero-order chi connectivity index (χ0) is 14.2. The molecule has 0 saturated carbocycles. The molecule has 6 nitrogen and oxygen atoms in total. The van der Waals surface area contributed by atoms with Crippen LogP contribution >= 0.6 is 0 Å². The first-order valence-electron chi connectivity index (χ1n) is 6.72. The highest BCUT2D eigenvalue weighted by molar-refractivity contribution is 7.89. The maximum atomic E-state index is 12.4. The monoisotopic (exact) mass is 292 g/mol. The van der Waals surface area contributed by atoms with Gasteiger partial charge in [0.25, 0.3) is 0 Å². The lowest BCUT2D eigenvalue weighted by Gasteiger charge is -2.29. The van der Waals surface area contributed by atoms with Crippen molar-refractivity contribution >= 4 is 10.0 Å². The summed E-state index contributed by atoms with van der Waals surface area (Å²) in [5, 5.41) is 12.4. The lowest BCUT2D eigenvalue weighted by Crippen LogP contribution is -2.48. The molecule has 0 amide bonds. The van der Waals surface area contributed by atoms with Gasteiger partial charge < -0.3 is 5.32 Å². The third-order valence-electron chi connectivity index (χ3n) is 3.96. The molecule has 1 aromatic rings. The second-order valence-corrected chi connectivity index (χ2v) is 7.07. The van der Waals surface area contributed by atoms with E-state index < -0.39 is 10.0 Å². The second-order valence-electron chi connectivity index (χ2n) is 5.39. The van der Waals surface area contributed by atoms with Crippen molar-refractivity contribution in [2.45, 2.75) is 48.7 Å². The summed E-state index contributed by atoms with van der Waals surface area (Å²) < 4.78 is 27.5.